The zero-order valence-electron chi connectivity index (χ0n) is 14.3. The normalized spacial score (nSPS) is 32.3. The molecule has 0 aliphatic carbocycles. The maximum Gasteiger partial charge on any atom is 0.490 e. The standard InChI is InChI=1S/C10H16NO15P3/c1-22-29(21,26-28(19,20)25-27(16,17)18)24-10-8(15)7(14)9(23-10)11-3-2-5(12)4-6(11)13/h2-3,7-10,14-15H,4H2,1H3,(H,19,20)(H2,16,17,18)/t7-,8+,9+,10-,29?/m1/s1. The lowest BCUT2D eigenvalue weighted by molar-refractivity contribution is -0.162. The summed E-state index contributed by atoms with van der Waals surface area (Å²) in [6.07, 6.45) is -6.08. The van der Waals surface area contributed by atoms with Crippen LogP contribution in [0.5, 0.6) is 0 Å². The third-order valence-electron chi connectivity index (χ3n) is 3.37. The molecule has 0 aromatic rings. The highest BCUT2D eigenvalue weighted by molar-refractivity contribution is 7.66. The molecule has 1 amide bonds. The fourth-order valence-electron chi connectivity index (χ4n) is 2.22. The molecule has 0 radical (unpaired) electrons. The summed E-state index contributed by atoms with van der Waals surface area (Å²) in [7, 11) is -15.8. The summed E-state index contributed by atoms with van der Waals surface area (Å²) >= 11 is 0. The monoisotopic (exact) mass is 483 g/mol. The van der Waals surface area contributed by atoms with Crippen LogP contribution >= 0.6 is 23.5 Å². The van der Waals surface area contributed by atoms with E-state index in [9.17, 15) is 38.4 Å². The molecule has 16 nitrogen and oxygen atoms in total. The lowest BCUT2D eigenvalue weighted by Gasteiger charge is -2.28. The lowest BCUT2D eigenvalue weighted by atomic mass is 10.1. The molecule has 6 atom stereocenters. The highest BCUT2D eigenvalue weighted by atomic mass is 31.3. The van der Waals surface area contributed by atoms with Gasteiger partial charge in [-0.3, -0.25) is 23.5 Å². The van der Waals surface area contributed by atoms with Crippen molar-refractivity contribution in [2.24, 2.45) is 0 Å². The summed E-state index contributed by atoms with van der Waals surface area (Å²) in [5, 5.41) is 20.0. The fourth-order valence-corrected chi connectivity index (χ4v) is 5.63. The molecular weight excluding hydrogens is 467 g/mol. The summed E-state index contributed by atoms with van der Waals surface area (Å²) in [5.41, 5.74) is 0. The van der Waals surface area contributed by atoms with Gasteiger partial charge in [0.1, 0.15) is 12.2 Å². The van der Waals surface area contributed by atoms with Crippen LogP contribution in [0.15, 0.2) is 12.3 Å². The quantitative estimate of drug-likeness (QED) is 0.199. The number of hydrogen-bond acceptors (Lipinski definition) is 12. The summed E-state index contributed by atoms with van der Waals surface area (Å²) in [5.74, 6) is -1.32. The number of phosphoric ester groups is 1. The fraction of sp³-hybridized carbons (Fsp3) is 0.600. The van der Waals surface area contributed by atoms with Gasteiger partial charge in [-0.25, -0.2) is 13.7 Å². The molecule has 2 unspecified atom stereocenters. The van der Waals surface area contributed by atoms with E-state index in [1.54, 1.807) is 0 Å². The Balaban J connectivity index is 2.15. The molecule has 5 N–H and O–H groups in total. The van der Waals surface area contributed by atoms with Crippen LogP contribution in [0.25, 0.3) is 0 Å². The van der Waals surface area contributed by atoms with Gasteiger partial charge in [0.25, 0.3) is 0 Å². The van der Waals surface area contributed by atoms with Crippen molar-refractivity contribution in [3.63, 3.8) is 0 Å². The molecule has 0 saturated carbocycles. The van der Waals surface area contributed by atoms with Crippen molar-refractivity contribution in [2.45, 2.75) is 31.1 Å². The summed E-state index contributed by atoms with van der Waals surface area (Å²) in [4.78, 5) is 50.2. The second-order valence-corrected chi connectivity index (χ2v) is 10.2. The van der Waals surface area contributed by atoms with Crippen LogP contribution in [0, 0.1) is 0 Å². The van der Waals surface area contributed by atoms with Crippen LogP contribution in [0.3, 0.4) is 0 Å². The summed E-state index contributed by atoms with van der Waals surface area (Å²) in [6.45, 7) is 0. The molecule has 0 aromatic heterocycles. The van der Waals surface area contributed by atoms with Gasteiger partial charge in [-0.1, -0.05) is 0 Å². The van der Waals surface area contributed by atoms with Gasteiger partial charge in [0.05, 0.1) is 6.42 Å². The maximum absolute atomic E-state index is 12.3. The van der Waals surface area contributed by atoms with E-state index in [0.29, 0.717) is 7.11 Å². The SMILES string of the molecule is COP(=O)(O[C@H]1O[C@H](N2C=CC(=O)CC2=O)[C@H](O)[C@@H]1O)OP(=O)(O)OP(=O)(O)O. The largest absolute Gasteiger partial charge is 0.490 e. The van der Waals surface area contributed by atoms with Crippen LogP contribution in [0.4, 0.5) is 0 Å². The number of amides is 1. The van der Waals surface area contributed by atoms with E-state index in [1.165, 1.54) is 0 Å². The number of carbonyl (C=O) groups is 2. The van der Waals surface area contributed by atoms with Crippen LogP contribution in [0.1, 0.15) is 6.42 Å². The highest BCUT2D eigenvalue weighted by Crippen LogP contribution is 2.68. The predicted molar refractivity (Wildman–Crippen MR) is 86.0 cm³/mol. The van der Waals surface area contributed by atoms with Crippen LogP contribution in [-0.4, -0.2) is 73.3 Å². The second kappa shape index (κ2) is 8.73. The van der Waals surface area contributed by atoms with E-state index >= 15 is 0 Å². The Morgan fingerprint density at radius 1 is 1.10 bits per heavy atom. The Morgan fingerprint density at radius 2 is 1.72 bits per heavy atom. The lowest BCUT2D eigenvalue weighted by Crippen LogP contribution is -2.46. The molecule has 0 spiro atoms. The van der Waals surface area contributed by atoms with E-state index < -0.39 is 66.3 Å². The van der Waals surface area contributed by atoms with E-state index in [1.807, 2.05) is 0 Å². The molecule has 1 fully saturated rings. The average Bonchev–Trinajstić information content (AvgIpc) is 2.80. The van der Waals surface area contributed by atoms with Crippen LogP contribution in [-0.2, 0) is 45.7 Å². The highest BCUT2D eigenvalue weighted by Gasteiger charge is 2.52. The first-order chi connectivity index (χ1) is 13.2. The van der Waals surface area contributed by atoms with Crippen LogP contribution < -0.4 is 0 Å². The topological polar surface area (TPSA) is 236 Å². The molecule has 166 valence electrons. The zero-order chi connectivity index (χ0) is 22.2. The van der Waals surface area contributed by atoms with E-state index in [-0.39, 0.29) is 0 Å². The first-order valence-electron chi connectivity index (χ1n) is 7.35. The Labute approximate surface area is 162 Å². The van der Waals surface area contributed by atoms with Crippen molar-refractivity contribution < 1.29 is 70.6 Å². The maximum atomic E-state index is 12.3. The van der Waals surface area contributed by atoms with E-state index in [2.05, 4.69) is 17.7 Å². The molecule has 2 aliphatic heterocycles. The number of phosphoric acid groups is 3. The number of carbonyl (C=O) groups excluding carboxylic acids is 2. The number of hydrogen-bond donors (Lipinski definition) is 5. The van der Waals surface area contributed by atoms with Crippen LogP contribution in [0.2, 0.25) is 0 Å². The van der Waals surface area contributed by atoms with Crippen molar-refractivity contribution in [2.75, 3.05) is 7.11 Å². The Morgan fingerprint density at radius 3 is 2.24 bits per heavy atom. The minimum Gasteiger partial charge on any atom is -0.385 e. The average molecular weight is 483 g/mol. The molecule has 2 heterocycles. The minimum absolute atomic E-state index is 0.520. The first kappa shape index (κ1) is 24.4. The molecular formula is C10H16NO15P3. The van der Waals surface area contributed by atoms with Gasteiger partial charge in [0, 0.05) is 13.3 Å². The third-order valence-corrected chi connectivity index (χ3v) is 7.59. The van der Waals surface area contributed by atoms with Gasteiger partial charge < -0.3 is 29.6 Å². The Hall–Kier alpha value is -0.830. The van der Waals surface area contributed by atoms with E-state index in [0.717, 1.165) is 17.2 Å². The third kappa shape index (κ3) is 6.32. The molecule has 0 bridgehead atoms. The summed E-state index contributed by atoms with van der Waals surface area (Å²) in [6, 6.07) is 0. The predicted octanol–water partition coefficient (Wildman–Crippen LogP) is -1.30. The molecule has 2 rings (SSSR count). The number of ether oxygens (including phenoxy) is 1. The van der Waals surface area contributed by atoms with Gasteiger partial charge in [-0.15, -0.1) is 0 Å². The van der Waals surface area contributed by atoms with Gasteiger partial charge >= 0.3 is 23.5 Å². The molecule has 0 aromatic carbocycles. The first-order valence-corrected chi connectivity index (χ1v) is 11.8. The van der Waals surface area contributed by atoms with Crippen molar-refractivity contribution >= 4 is 35.2 Å². The van der Waals surface area contributed by atoms with Gasteiger partial charge in [-0.05, 0) is 6.08 Å². The van der Waals surface area contributed by atoms with Crippen molar-refractivity contribution in [1.29, 1.82) is 0 Å². The minimum atomic E-state index is -5.69. The van der Waals surface area contributed by atoms with Gasteiger partial charge in [-0.2, -0.15) is 8.62 Å². The van der Waals surface area contributed by atoms with Gasteiger partial charge in [0.15, 0.2) is 18.3 Å². The zero-order valence-corrected chi connectivity index (χ0v) is 17.0. The number of ketones is 1. The second-order valence-electron chi connectivity index (χ2n) is 5.49. The Kier molecular flexibility index (Phi) is 7.36. The smallest absolute Gasteiger partial charge is 0.385 e. The number of aliphatic hydroxyl groups is 2. The molecule has 19 heteroatoms. The molecule has 29 heavy (non-hydrogen) atoms. The Bertz CT molecular complexity index is 836. The van der Waals surface area contributed by atoms with Crippen molar-refractivity contribution in [1.82, 2.24) is 4.90 Å². The number of allylic oxidation sites excluding steroid dienone is 1. The van der Waals surface area contributed by atoms with Crippen molar-refractivity contribution in [3.05, 3.63) is 12.3 Å². The van der Waals surface area contributed by atoms with Crippen molar-refractivity contribution in [3.8, 4) is 0 Å². The number of aliphatic hydroxyl groups excluding tert-OH is 2. The number of nitrogens with zero attached hydrogens (tertiary/aromatic N) is 1. The summed E-state index contributed by atoms with van der Waals surface area (Å²) < 4.78 is 56.0. The van der Waals surface area contributed by atoms with E-state index in [4.69, 9.17) is 14.5 Å². The molecule has 2 aliphatic rings. The van der Waals surface area contributed by atoms with Gasteiger partial charge in [0.2, 0.25) is 5.91 Å². The number of rotatable bonds is 8. The molecule has 1 saturated heterocycles.